The molecule has 2 fully saturated rings. The molecule has 4 atom stereocenters. The summed E-state index contributed by atoms with van der Waals surface area (Å²) in [5, 5.41) is 11.0. The second-order valence-electron chi connectivity index (χ2n) is 12.4. The minimum atomic E-state index is -0.730. The Kier molecular flexibility index (Phi) is 7.41. The van der Waals surface area contributed by atoms with Crippen LogP contribution in [0.5, 0.6) is 11.5 Å². The van der Waals surface area contributed by atoms with Gasteiger partial charge in [0.1, 0.15) is 11.5 Å². The number of aromatic hydroxyl groups is 1. The molecule has 9 heteroatoms. The summed E-state index contributed by atoms with van der Waals surface area (Å²) in [6, 6.07) is 14.9. The molecular weight excluding hydrogens is 624 g/mol. The number of halogens is 1. The molecule has 44 heavy (non-hydrogen) atoms. The van der Waals surface area contributed by atoms with Crippen molar-refractivity contribution in [3.63, 3.8) is 0 Å². The molecule has 2 heterocycles. The number of methoxy groups -OCH3 is 1. The lowest BCUT2D eigenvalue weighted by Crippen LogP contribution is -2.47. The zero-order valence-electron chi connectivity index (χ0n) is 24.4. The van der Waals surface area contributed by atoms with E-state index in [1.54, 1.807) is 12.1 Å². The number of benzene rings is 2. The third kappa shape index (κ3) is 4.68. The van der Waals surface area contributed by atoms with Crippen LogP contribution < -0.4 is 4.74 Å². The van der Waals surface area contributed by atoms with Gasteiger partial charge in [-0.3, -0.25) is 29.0 Å². The van der Waals surface area contributed by atoms with Crippen LogP contribution in [0.25, 0.3) is 0 Å². The first kappa shape index (κ1) is 28.9. The van der Waals surface area contributed by atoms with E-state index in [4.69, 9.17) is 4.74 Å². The van der Waals surface area contributed by atoms with E-state index in [1.807, 2.05) is 24.3 Å². The van der Waals surface area contributed by atoms with E-state index in [-0.39, 0.29) is 46.1 Å². The molecule has 2 aromatic carbocycles. The van der Waals surface area contributed by atoms with Gasteiger partial charge in [0.05, 0.1) is 23.4 Å². The number of carbonyl (C=O) groups is 4. The number of nitrogens with zero attached hydrogens (tertiary/aromatic N) is 2. The summed E-state index contributed by atoms with van der Waals surface area (Å²) in [5.41, 5.74) is 3.15. The van der Waals surface area contributed by atoms with Gasteiger partial charge in [0.2, 0.25) is 11.8 Å². The van der Waals surface area contributed by atoms with Gasteiger partial charge in [0.15, 0.2) is 11.6 Å². The highest BCUT2D eigenvalue weighted by molar-refractivity contribution is 9.12. The molecule has 2 aromatic rings. The molecule has 1 N–H and O–H groups in total. The Labute approximate surface area is 264 Å². The number of phenolic OH excluding ortho intramolecular Hbond substituents is 1. The van der Waals surface area contributed by atoms with Gasteiger partial charge in [0.25, 0.3) is 0 Å². The topological polar surface area (TPSA) is 104 Å². The first-order valence-corrected chi connectivity index (χ1v) is 16.0. The van der Waals surface area contributed by atoms with Crippen molar-refractivity contribution in [3.8, 4) is 11.5 Å². The van der Waals surface area contributed by atoms with Gasteiger partial charge in [-0.05, 0) is 71.3 Å². The van der Waals surface area contributed by atoms with Gasteiger partial charge in [-0.2, -0.15) is 0 Å². The predicted octanol–water partition coefficient (Wildman–Crippen LogP) is 4.83. The van der Waals surface area contributed by atoms with E-state index in [1.165, 1.54) is 29.7 Å². The van der Waals surface area contributed by atoms with Crippen LogP contribution in [0.4, 0.5) is 0 Å². The van der Waals surface area contributed by atoms with Crippen molar-refractivity contribution in [2.75, 3.05) is 20.2 Å². The van der Waals surface area contributed by atoms with Gasteiger partial charge in [-0.1, -0.05) is 42.0 Å². The van der Waals surface area contributed by atoms with Crippen LogP contribution in [0.2, 0.25) is 0 Å². The van der Waals surface area contributed by atoms with E-state index in [0.717, 1.165) is 38.0 Å². The second kappa shape index (κ2) is 11.3. The molecule has 0 saturated carbocycles. The highest BCUT2D eigenvalue weighted by atomic mass is 79.9. The normalized spacial score (nSPS) is 27.5. The maximum absolute atomic E-state index is 14.3. The molecule has 2 amide bonds. The summed E-state index contributed by atoms with van der Waals surface area (Å²) < 4.78 is 5.61. The maximum Gasteiger partial charge on any atom is 0.233 e. The number of ketones is 2. The van der Waals surface area contributed by atoms with Gasteiger partial charge in [-0.15, -0.1) is 0 Å². The minimum Gasteiger partial charge on any atom is -0.508 e. The smallest absolute Gasteiger partial charge is 0.233 e. The average Bonchev–Trinajstić information content (AvgIpc) is 3.29. The number of carbonyl (C=O) groups excluding carboxylic acids is 4. The molecule has 0 radical (unpaired) electrons. The largest absolute Gasteiger partial charge is 0.508 e. The summed E-state index contributed by atoms with van der Waals surface area (Å²) >= 11 is 3.26. The van der Waals surface area contributed by atoms with E-state index >= 15 is 0 Å². The number of piperidine rings is 1. The summed E-state index contributed by atoms with van der Waals surface area (Å²) in [7, 11) is 1.52. The van der Waals surface area contributed by atoms with Crippen LogP contribution in [0, 0.1) is 17.8 Å². The average molecular weight is 658 g/mol. The van der Waals surface area contributed by atoms with Crippen molar-refractivity contribution in [2.45, 2.75) is 44.2 Å². The molecule has 7 rings (SSSR count). The highest BCUT2D eigenvalue weighted by Crippen LogP contribution is 2.56. The fourth-order valence-electron chi connectivity index (χ4n) is 8.01. The number of allylic oxidation sites excluding steroid dienone is 6. The van der Waals surface area contributed by atoms with Gasteiger partial charge in [-0.25, -0.2) is 0 Å². The predicted molar refractivity (Wildman–Crippen MR) is 166 cm³/mol. The number of hydrogen-bond donors (Lipinski definition) is 1. The second-order valence-corrected chi connectivity index (χ2v) is 13.2. The summed E-state index contributed by atoms with van der Waals surface area (Å²) in [6.45, 7) is 2.43. The molecule has 3 aliphatic carbocycles. The van der Waals surface area contributed by atoms with Crippen molar-refractivity contribution < 1.29 is 29.0 Å². The van der Waals surface area contributed by atoms with Crippen LogP contribution in [0.1, 0.15) is 42.7 Å². The van der Waals surface area contributed by atoms with Crippen molar-refractivity contribution in [2.24, 2.45) is 17.8 Å². The lowest BCUT2D eigenvalue weighted by Gasteiger charge is -2.42. The Morgan fingerprint density at radius 3 is 2.45 bits per heavy atom. The zero-order chi connectivity index (χ0) is 30.7. The standard InChI is InChI=1S/C35H33BrN2O6/c1-44-21-7-10-28(39)25(15-21)30-22-8-9-23-31(24(22)16-26-32(30)29(40)17-27(36)33(26)41)35(43)38(34(23)42)20-11-13-37(14-12-20)18-19-5-3-2-4-6-19/h2-8,10,15,17,20,23-24,30-31,39H,9,11-14,16,18H2,1H3/t23-,24+,30+,31-/m0/s1. The molecule has 0 unspecified atom stereocenters. The molecular formula is C35H33BrN2O6. The number of likely N-dealkylation sites (tertiary alicyclic amines) is 2. The molecule has 2 saturated heterocycles. The zero-order valence-corrected chi connectivity index (χ0v) is 26.0. The van der Waals surface area contributed by atoms with Crippen molar-refractivity contribution in [1.82, 2.24) is 9.80 Å². The maximum atomic E-state index is 14.3. The van der Waals surface area contributed by atoms with E-state index in [9.17, 15) is 24.3 Å². The van der Waals surface area contributed by atoms with E-state index < -0.39 is 23.7 Å². The van der Waals surface area contributed by atoms with Gasteiger partial charge >= 0.3 is 0 Å². The van der Waals surface area contributed by atoms with Crippen LogP contribution in [-0.2, 0) is 25.7 Å². The Morgan fingerprint density at radius 1 is 0.977 bits per heavy atom. The third-order valence-electron chi connectivity index (χ3n) is 10.1. The SMILES string of the molecule is COc1ccc(O)c([C@H]2C3=CC[C@@H]4C(=O)N(C5CCN(Cc6ccccc6)CC5)C(=O)[C@@H]4[C@@H]3CC3=C2C(=O)C=C(Br)C3=O)c1. The van der Waals surface area contributed by atoms with Crippen LogP contribution >= 0.6 is 15.9 Å². The molecule has 0 aromatic heterocycles. The molecule has 8 nitrogen and oxygen atoms in total. The van der Waals surface area contributed by atoms with E-state index in [2.05, 4.69) is 33.0 Å². The Balaban J connectivity index is 1.20. The number of ether oxygens (including phenoxy) is 1. The van der Waals surface area contributed by atoms with Crippen molar-refractivity contribution in [3.05, 3.63) is 93.0 Å². The number of hydrogen-bond acceptors (Lipinski definition) is 7. The Hall–Kier alpha value is -3.82. The number of Topliss-reactive ketones (excluding diaryl/α,β-unsaturated/α-hetero) is 1. The molecule has 2 aliphatic heterocycles. The number of amides is 2. The molecule has 0 spiro atoms. The quantitative estimate of drug-likeness (QED) is 0.279. The highest BCUT2D eigenvalue weighted by Gasteiger charge is 2.57. The third-order valence-corrected chi connectivity index (χ3v) is 10.7. The molecule has 5 aliphatic rings. The van der Waals surface area contributed by atoms with Crippen molar-refractivity contribution >= 4 is 39.3 Å². The lowest BCUT2D eigenvalue weighted by molar-refractivity contribution is -0.144. The minimum absolute atomic E-state index is 0.0297. The number of imide groups is 1. The van der Waals surface area contributed by atoms with Gasteiger partial charge < -0.3 is 9.84 Å². The number of fused-ring (bicyclic) bond motifs is 3. The number of phenols is 1. The van der Waals surface area contributed by atoms with Crippen molar-refractivity contribution in [1.29, 1.82) is 0 Å². The Bertz CT molecular complexity index is 1670. The molecule has 0 bridgehead atoms. The Morgan fingerprint density at radius 2 is 1.73 bits per heavy atom. The fourth-order valence-corrected chi connectivity index (χ4v) is 8.46. The molecule has 226 valence electrons. The number of rotatable bonds is 5. The van der Waals surface area contributed by atoms with Crippen LogP contribution in [0.3, 0.4) is 0 Å². The monoisotopic (exact) mass is 656 g/mol. The lowest BCUT2D eigenvalue weighted by atomic mass is 9.59. The van der Waals surface area contributed by atoms with E-state index in [0.29, 0.717) is 28.9 Å². The summed E-state index contributed by atoms with van der Waals surface area (Å²) in [4.78, 5) is 59.0. The fraction of sp³-hybridized carbons (Fsp3) is 0.371. The van der Waals surface area contributed by atoms with Crippen LogP contribution in [0.15, 0.2) is 81.9 Å². The summed E-state index contributed by atoms with van der Waals surface area (Å²) in [6.07, 6.45) is 5.26. The first-order chi connectivity index (χ1) is 21.3. The van der Waals surface area contributed by atoms with Crippen LogP contribution in [-0.4, -0.2) is 64.5 Å². The van der Waals surface area contributed by atoms with Gasteiger partial charge in [0, 0.05) is 54.4 Å². The first-order valence-electron chi connectivity index (χ1n) is 15.2. The summed E-state index contributed by atoms with van der Waals surface area (Å²) in [5.74, 6) is -2.76.